The lowest BCUT2D eigenvalue weighted by atomic mass is 10.3. The zero-order valence-corrected chi connectivity index (χ0v) is 11.7. The fourth-order valence-corrected chi connectivity index (χ4v) is 1.51. The molecule has 1 aromatic rings. The van der Waals surface area contributed by atoms with Gasteiger partial charge in [-0.1, -0.05) is 15.9 Å². The van der Waals surface area contributed by atoms with Gasteiger partial charge < -0.3 is 16.0 Å². The molecule has 0 heterocycles. The zero-order valence-electron chi connectivity index (χ0n) is 10.1. The van der Waals surface area contributed by atoms with Crippen molar-refractivity contribution >= 4 is 33.4 Å². The van der Waals surface area contributed by atoms with Gasteiger partial charge in [0.05, 0.1) is 6.54 Å². The minimum Gasteiger partial charge on any atom is -0.347 e. The fraction of sp³-hybridized carbons (Fsp3) is 0.333. The molecule has 0 aromatic heterocycles. The number of carbonyl (C=O) groups is 2. The molecule has 3 N–H and O–H groups in total. The third-order valence-electron chi connectivity index (χ3n) is 2.18. The molecule has 98 valence electrons. The molecule has 0 atom stereocenters. The van der Waals surface area contributed by atoms with Gasteiger partial charge in [0.15, 0.2) is 0 Å². The second-order valence-electron chi connectivity index (χ2n) is 3.69. The Morgan fingerprint density at radius 2 is 1.83 bits per heavy atom. The Bertz CT molecular complexity index is 406. The van der Waals surface area contributed by atoms with Gasteiger partial charge in [-0.3, -0.25) is 9.59 Å². The Kier molecular flexibility index (Phi) is 6.38. The van der Waals surface area contributed by atoms with Crippen molar-refractivity contribution in [3.05, 3.63) is 28.7 Å². The van der Waals surface area contributed by atoms with Gasteiger partial charge in [-0.2, -0.15) is 0 Å². The van der Waals surface area contributed by atoms with E-state index in [2.05, 4.69) is 31.9 Å². The van der Waals surface area contributed by atoms with Gasteiger partial charge in [-0.05, 0) is 31.3 Å². The number of amides is 2. The maximum atomic E-state index is 11.5. The number of nitrogens with one attached hydrogen (secondary N) is 3. The summed E-state index contributed by atoms with van der Waals surface area (Å²) in [5, 5.41) is 8.10. The van der Waals surface area contributed by atoms with Crippen LogP contribution in [0.25, 0.3) is 0 Å². The van der Waals surface area contributed by atoms with Crippen molar-refractivity contribution in [1.82, 2.24) is 10.6 Å². The molecule has 0 aliphatic rings. The molecule has 5 nitrogen and oxygen atoms in total. The summed E-state index contributed by atoms with van der Waals surface area (Å²) in [6.07, 6.45) is 0.363. The molecule has 0 bridgehead atoms. The first-order chi connectivity index (χ1) is 8.61. The van der Waals surface area contributed by atoms with Crippen LogP contribution < -0.4 is 16.0 Å². The molecular weight excluding hydrogens is 298 g/mol. The molecule has 6 heteroatoms. The van der Waals surface area contributed by atoms with Crippen LogP contribution in [0.3, 0.4) is 0 Å². The summed E-state index contributed by atoms with van der Waals surface area (Å²) in [6.45, 7) is 0.582. The predicted molar refractivity (Wildman–Crippen MR) is 74.3 cm³/mol. The van der Waals surface area contributed by atoms with E-state index in [0.717, 1.165) is 4.47 Å². The summed E-state index contributed by atoms with van der Waals surface area (Å²) in [7, 11) is 1.77. The number of hydrogen-bond acceptors (Lipinski definition) is 3. The number of halogens is 1. The molecule has 0 radical (unpaired) electrons. The molecule has 0 unspecified atom stereocenters. The number of hydrogen-bond donors (Lipinski definition) is 3. The molecule has 0 aliphatic carbocycles. The molecule has 0 saturated heterocycles. The van der Waals surface area contributed by atoms with Crippen LogP contribution in [-0.2, 0) is 9.59 Å². The van der Waals surface area contributed by atoms with Crippen molar-refractivity contribution in [2.45, 2.75) is 6.42 Å². The minimum absolute atomic E-state index is 0.0153. The van der Waals surface area contributed by atoms with Crippen molar-refractivity contribution in [3.63, 3.8) is 0 Å². The Morgan fingerprint density at radius 1 is 1.17 bits per heavy atom. The normalized spacial score (nSPS) is 9.89. The van der Waals surface area contributed by atoms with Crippen LogP contribution in [0.4, 0.5) is 5.69 Å². The first kappa shape index (κ1) is 14.7. The molecule has 1 rings (SSSR count). The van der Waals surface area contributed by atoms with Gasteiger partial charge in [0.1, 0.15) is 0 Å². The van der Waals surface area contributed by atoms with Crippen molar-refractivity contribution < 1.29 is 9.59 Å². The second kappa shape index (κ2) is 7.84. The standard InChI is InChI=1S/C12H16BrN3O2/c1-14-7-6-11(17)15-8-12(18)16-10-4-2-9(13)3-5-10/h2-5,14H,6-8H2,1H3,(H,15,17)(H,16,18). The van der Waals surface area contributed by atoms with Gasteiger partial charge in [0.2, 0.25) is 11.8 Å². The van der Waals surface area contributed by atoms with E-state index in [1.165, 1.54) is 0 Å². The molecular formula is C12H16BrN3O2. The van der Waals surface area contributed by atoms with E-state index in [1.54, 1.807) is 19.2 Å². The Morgan fingerprint density at radius 3 is 2.44 bits per heavy atom. The molecule has 18 heavy (non-hydrogen) atoms. The van der Waals surface area contributed by atoms with Gasteiger partial charge in [0.25, 0.3) is 0 Å². The number of carbonyl (C=O) groups excluding carboxylic acids is 2. The molecule has 2 amide bonds. The van der Waals surface area contributed by atoms with E-state index >= 15 is 0 Å². The van der Waals surface area contributed by atoms with Crippen molar-refractivity contribution in [1.29, 1.82) is 0 Å². The summed E-state index contributed by atoms with van der Waals surface area (Å²) in [4.78, 5) is 22.8. The topological polar surface area (TPSA) is 70.2 Å². The smallest absolute Gasteiger partial charge is 0.243 e. The van der Waals surface area contributed by atoms with E-state index in [-0.39, 0.29) is 18.4 Å². The number of anilines is 1. The fourth-order valence-electron chi connectivity index (χ4n) is 1.24. The summed E-state index contributed by atoms with van der Waals surface area (Å²) in [5.41, 5.74) is 0.702. The molecule has 0 saturated carbocycles. The minimum atomic E-state index is -0.241. The average Bonchev–Trinajstić information content (AvgIpc) is 2.36. The van der Waals surface area contributed by atoms with Crippen LogP contribution in [0.1, 0.15) is 6.42 Å². The second-order valence-corrected chi connectivity index (χ2v) is 4.60. The third-order valence-corrected chi connectivity index (χ3v) is 2.70. The molecule has 0 fully saturated rings. The highest BCUT2D eigenvalue weighted by Gasteiger charge is 2.05. The molecule has 0 aliphatic heterocycles. The maximum absolute atomic E-state index is 11.5. The Labute approximate surface area is 114 Å². The first-order valence-electron chi connectivity index (χ1n) is 5.58. The van der Waals surface area contributed by atoms with Gasteiger partial charge in [-0.15, -0.1) is 0 Å². The monoisotopic (exact) mass is 313 g/mol. The van der Waals surface area contributed by atoms with E-state index in [4.69, 9.17) is 0 Å². The van der Waals surface area contributed by atoms with E-state index in [1.807, 2.05) is 12.1 Å². The average molecular weight is 314 g/mol. The summed E-state index contributed by atoms with van der Waals surface area (Å²) in [5.74, 6) is -0.384. The van der Waals surface area contributed by atoms with E-state index in [0.29, 0.717) is 18.7 Å². The Balaban J connectivity index is 2.29. The summed E-state index contributed by atoms with van der Waals surface area (Å²) < 4.78 is 0.945. The molecule has 0 spiro atoms. The van der Waals surface area contributed by atoms with Gasteiger partial charge >= 0.3 is 0 Å². The van der Waals surface area contributed by atoms with E-state index in [9.17, 15) is 9.59 Å². The SMILES string of the molecule is CNCCC(=O)NCC(=O)Nc1ccc(Br)cc1. The van der Waals surface area contributed by atoms with Crippen LogP contribution in [0.2, 0.25) is 0 Å². The lowest BCUT2D eigenvalue weighted by Crippen LogP contribution is -2.34. The zero-order chi connectivity index (χ0) is 13.4. The van der Waals surface area contributed by atoms with Crippen LogP contribution in [0, 0.1) is 0 Å². The largest absolute Gasteiger partial charge is 0.347 e. The Hall–Kier alpha value is -1.40. The van der Waals surface area contributed by atoms with Crippen molar-refractivity contribution in [2.75, 3.05) is 25.5 Å². The van der Waals surface area contributed by atoms with E-state index < -0.39 is 0 Å². The molecule has 1 aromatic carbocycles. The highest BCUT2D eigenvalue weighted by molar-refractivity contribution is 9.10. The number of benzene rings is 1. The first-order valence-corrected chi connectivity index (χ1v) is 6.38. The lowest BCUT2D eigenvalue weighted by molar-refractivity contribution is -0.124. The van der Waals surface area contributed by atoms with Crippen molar-refractivity contribution in [2.24, 2.45) is 0 Å². The van der Waals surface area contributed by atoms with Gasteiger partial charge in [0, 0.05) is 23.1 Å². The number of rotatable bonds is 6. The summed E-state index contributed by atoms with van der Waals surface area (Å²) >= 11 is 3.31. The predicted octanol–water partition coefficient (Wildman–Crippen LogP) is 1.11. The van der Waals surface area contributed by atoms with Gasteiger partial charge in [-0.25, -0.2) is 0 Å². The highest BCUT2D eigenvalue weighted by Crippen LogP contribution is 2.13. The van der Waals surface area contributed by atoms with Crippen LogP contribution in [0.15, 0.2) is 28.7 Å². The van der Waals surface area contributed by atoms with Crippen molar-refractivity contribution in [3.8, 4) is 0 Å². The lowest BCUT2D eigenvalue weighted by Gasteiger charge is -2.07. The van der Waals surface area contributed by atoms with Crippen LogP contribution in [-0.4, -0.2) is 32.0 Å². The quantitative estimate of drug-likeness (QED) is 0.737. The van der Waals surface area contributed by atoms with Crippen LogP contribution in [0.5, 0.6) is 0 Å². The van der Waals surface area contributed by atoms with Crippen LogP contribution >= 0.6 is 15.9 Å². The third kappa shape index (κ3) is 5.79. The highest BCUT2D eigenvalue weighted by atomic mass is 79.9. The maximum Gasteiger partial charge on any atom is 0.243 e. The summed E-state index contributed by atoms with van der Waals surface area (Å²) in [6, 6.07) is 7.23.